The molecule has 0 saturated carbocycles. The summed E-state index contributed by atoms with van der Waals surface area (Å²) < 4.78 is 5.06. The zero-order valence-electron chi connectivity index (χ0n) is 9.48. The van der Waals surface area contributed by atoms with Crippen molar-refractivity contribution < 1.29 is 14.8 Å². The van der Waals surface area contributed by atoms with Gasteiger partial charge in [-0.05, 0) is 24.3 Å². The first kappa shape index (κ1) is 11.0. The second kappa shape index (κ2) is 4.99. The lowest BCUT2D eigenvalue weighted by Crippen LogP contribution is -2.89. The van der Waals surface area contributed by atoms with Crippen LogP contribution in [0.2, 0.25) is 0 Å². The first-order valence-electron chi connectivity index (χ1n) is 5.56. The van der Waals surface area contributed by atoms with Crippen molar-refractivity contribution in [2.24, 2.45) is 0 Å². The molecule has 0 atom stereocenters. The predicted octanol–water partition coefficient (Wildman–Crippen LogP) is -0.286. The van der Waals surface area contributed by atoms with Crippen LogP contribution in [-0.4, -0.2) is 44.1 Å². The number of hydrogen-bond donors (Lipinski definition) is 1. The number of carbonyl (C=O) groups is 1. The molecule has 4 heteroatoms. The van der Waals surface area contributed by atoms with E-state index >= 15 is 0 Å². The van der Waals surface area contributed by atoms with E-state index in [1.54, 1.807) is 7.11 Å². The summed E-state index contributed by atoms with van der Waals surface area (Å²) in [5, 5.41) is 2.23. The summed E-state index contributed by atoms with van der Waals surface area (Å²) in [5.41, 5.74) is 0.739. The molecular formula is C12H17N2O2+. The van der Waals surface area contributed by atoms with Crippen LogP contribution in [0, 0.1) is 0 Å². The van der Waals surface area contributed by atoms with Gasteiger partial charge in [0.2, 0.25) is 0 Å². The van der Waals surface area contributed by atoms with Crippen molar-refractivity contribution in [3.05, 3.63) is 29.8 Å². The highest BCUT2D eigenvalue weighted by Crippen LogP contribution is 2.13. The maximum atomic E-state index is 12.1. The molecule has 1 aliphatic heterocycles. The average molecular weight is 221 g/mol. The van der Waals surface area contributed by atoms with Gasteiger partial charge in [-0.1, -0.05) is 0 Å². The Morgan fingerprint density at radius 1 is 1.25 bits per heavy atom. The second-order valence-electron chi connectivity index (χ2n) is 3.89. The fraction of sp³-hybridized carbons (Fsp3) is 0.417. The summed E-state index contributed by atoms with van der Waals surface area (Å²) in [6, 6.07) is 7.28. The molecule has 4 nitrogen and oxygen atoms in total. The van der Waals surface area contributed by atoms with Gasteiger partial charge in [0, 0.05) is 5.56 Å². The number of ether oxygens (including phenoxy) is 1. The molecule has 1 aliphatic rings. The normalized spacial score (nSPS) is 15.9. The smallest absolute Gasteiger partial charge is 0.254 e. The number of piperazine rings is 1. The fourth-order valence-corrected chi connectivity index (χ4v) is 1.87. The van der Waals surface area contributed by atoms with E-state index in [9.17, 15) is 4.79 Å². The number of hydrogen-bond acceptors (Lipinski definition) is 2. The van der Waals surface area contributed by atoms with Crippen LogP contribution in [0.5, 0.6) is 5.75 Å². The Bertz CT molecular complexity index is 356. The number of nitrogens with zero attached hydrogens (tertiary/aromatic N) is 1. The predicted molar refractivity (Wildman–Crippen MR) is 60.6 cm³/mol. The molecule has 1 fully saturated rings. The van der Waals surface area contributed by atoms with E-state index < -0.39 is 0 Å². The molecule has 1 heterocycles. The number of nitrogens with two attached hydrogens (primary N) is 1. The summed E-state index contributed by atoms with van der Waals surface area (Å²) in [4.78, 5) is 14.0. The van der Waals surface area contributed by atoms with Crippen LogP contribution in [-0.2, 0) is 0 Å². The second-order valence-corrected chi connectivity index (χ2v) is 3.89. The van der Waals surface area contributed by atoms with Gasteiger partial charge >= 0.3 is 0 Å². The third-order valence-corrected chi connectivity index (χ3v) is 2.83. The third-order valence-electron chi connectivity index (χ3n) is 2.83. The number of amides is 1. The van der Waals surface area contributed by atoms with Gasteiger partial charge in [0.25, 0.3) is 5.91 Å². The van der Waals surface area contributed by atoms with Crippen LogP contribution in [0.1, 0.15) is 10.4 Å². The minimum Gasteiger partial charge on any atom is -0.497 e. The molecule has 1 aromatic rings. The van der Waals surface area contributed by atoms with Gasteiger partial charge in [0.05, 0.1) is 33.3 Å². The van der Waals surface area contributed by atoms with Gasteiger partial charge in [-0.2, -0.15) is 0 Å². The van der Waals surface area contributed by atoms with Crippen LogP contribution < -0.4 is 10.1 Å². The molecule has 1 amide bonds. The van der Waals surface area contributed by atoms with E-state index in [1.807, 2.05) is 29.2 Å². The molecule has 2 rings (SSSR count). The number of carbonyl (C=O) groups excluding carboxylic acids is 1. The highest BCUT2D eigenvalue weighted by atomic mass is 16.5. The number of quaternary nitrogens is 1. The van der Waals surface area contributed by atoms with E-state index in [0.29, 0.717) is 0 Å². The van der Waals surface area contributed by atoms with E-state index in [1.165, 1.54) is 0 Å². The first-order valence-corrected chi connectivity index (χ1v) is 5.56. The Labute approximate surface area is 95.2 Å². The third kappa shape index (κ3) is 2.33. The first-order chi connectivity index (χ1) is 7.81. The molecular weight excluding hydrogens is 204 g/mol. The van der Waals surface area contributed by atoms with Crippen molar-refractivity contribution in [1.29, 1.82) is 0 Å². The Morgan fingerprint density at radius 2 is 1.88 bits per heavy atom. The molecule has 1 aromatic carbocycles. The van der Waals surface area contributed by atoms with E-state index in [0.717, 1.165) is 37.5 Å². The van der Waals surface area contributed by atoms with Crippen molar-refractivity contribution in [2.45, 2.75) is 0 Å². The molecule has 0 radical (unpaired) electrons. The summed E-state index contributed by atoms with van der Waals surface area (Å²) in [7, 11) is 1.62. The summed E-state index contributed by atoms with van der Waals surface area (Å²) in [6.45, 7) is 3.68. The van der Waals surface area contributed by atoms with Crippen LogP contribution >= 0.6 is 0 Å². The zero-order chi connectivity index (χ0) is 11.4. The number of benzene rings is 1. The van der Waals surface area contributed by atoms with Crippen LogP contribution in [0.15, 0.2) is 24.3 Å². The molecule has 16 heavy (non-hydrogen) atoms. The maximum absolute atomic E-state index is 12.1. The number of methoxy groups -OCH3 is 1. The fourth-order valence-electron chi connectivity index (χ4n) is 1.87. The topological polar surface area (TPSA) is 46.1 Å². The lowest BCUT2D eigenvalue weighted by Gasteiger charge is -2.25. The Balaban J connectivity index is 2.07. The molecule has 1 saturated heterocycles. The van der Waals surface area contributed by atoms with E-state index in [4.69, 9.17) is 4.74 Å². The van der Waals surface area contributed by atoms with Gasteiger partial charge in [-0.25, -0.2) is 0 Å². The Kier molecular flexibility index (Phi) is 3.41. The molecule has 0 aromatic heterocycles. The lowest BCUT2D eigenvalue weighted by molar-refractivity contribution is -0.661. The largest absolute Gasteiger partial charge is 0.497 e. The monoisotopic (exact) mass is 221 g/mol. The van der Waals surface area contributed by atoms with Gasteiger partial charge < -0.3 is 15.0 Å². The van der Waals surface area contributed by atoms with Crippen molar-refractivity contribution in [1.82, 2.24) is 4.90 Å². The molecule has 0 unspecified atom stereocenters. The van der Waals surface area contributed by atoms with Crippen molar-refractivity contribution in [2.75, 3.05) is 33.3 Å². The zero-order valence-corrected chi connectivity index (χ0v) is 9.48. The lowest BCUT2D eigenvalue weighted by atomic mass is 10.2. The molecule has 86 valence electrons. The Morgan fingerprint density at radius 3 is 2.44 bits per heavy atom. The number of rotatable bonds is 2. The highest BCUT2D eigenvalue weighted by molar-refractivity contribution is 5.94. The summed E-state index contributed by atoms with van der Waals surface area (Å²) >= 11 is 0. The van der Waals surface area contributed by atoms with Gasteiger partial charge in [0.15, 0.2) is 0 Å². The van der Waals surface area contributed by atoms with E-state index in [-0.39, 0.29) is 5.91 Å². The molecule has 0 bridgehead atoms. The minimum absolute atomic E-state index is 0.121. The molecule has 2 N–H and O–H groups in total. The summed E-state index contributed by atoms with van der Waals surface area (Å²) in [5.74, 6) is 0.902. The highest BCUT2D eigenvalue weighted by Gasteiger charge is 2.19. The van der Waals surface area contributed by atoms with E-state index in [2.05, 4.69) is 5.32 Å². The molecule has 0 spiro atoms. The van der Waals surface area contributed by atoms with Gasteiger partial charge in [-0.15, -0.1) is 0 Å². The van der Waals surface area contributed by atoms with Crippen LogP contribution in [0.3, 0.4) is 0 Å². The van der Waals surface area contributed by atoms with Crippen molar-refractivity contribution in [3.63, 3.8) is 0 Å². The average Bonchev–Trinajstić information content (AvgIpc) is 2.39. The minimum atomic E-state index is 0.121. The van der Waals surface area contributed by atoms with Crippen molar-refractivity contribution >= 4 is 5.91 Å². The maximum Gasteiger partial charge on any atom is 0.254 e. The SMILES string of the molecule is COc1ccc(C(=O)N2CC[NH2+]CC2)cc1. The standard InChI is InChI=1S/C12H16N2O2/c1-16-11-4-2-10(3-5-11)12(15)14-8-6-13-7-9-14/h2-5,13H,6-9H2,1H3/p+1. The van der Waals surface area contributed by atoms with Gasteiger partial charge in [0.1, 0.15) is 5.75 Å². The molecule has 0 aliphatic carbocycles. The van der Waals surface area contributed by atoms with Crippen LogP contribution in [0.4, 0.5) is 0 Å². The van der Waals surface area contributed by atoms with Crippen LogP contribution in [0.25, 0.3) is 0 Å². The van der Waals surface area contributed by atoms with Gasteiger partial charge in [-0.3, -0.25) is 4.79 Å². The Hall–Kier alpha value is -1.55. The van der Waals surface area contributed by atoms with Crippen molar-refractivity contribution in [3.8, 4) is 5.75 Å². The summed E-state index contributed by atoms with van der Waals surface area (Å²) in [6.07, 6.45) is 0. The quantitative estimate of drug-likeness (QED) is 0.746.